The first-order valence-electron chi connectivity index (χ1n) is 8.94. The lowest BCUT2D eigenvalue weighted by Crippen LogP contribution is -2.37. The second kappa shape index (κ2) is 8.28. The van der Waals surface area contributed by atoms with Gasteiger partial charge in [0.25, 0.3) is 0 Å². The summed E-state index contributed by atoms with van der Waals surface area (Å²) in [6, 6.07) is 13.6. The Kier molecular flexibility index (Phi) is 5.57. The number of anilines is 3. The van der Waals surface area contributed by atoms with Crippen LogP contribution in [-0.4, -0.2) is 46.5 Å². The van der Waals surface area contributed by atoms with E-state index in [1.165, 1.54) is 0 Å². The maximum Gasteiger partial charge on any atom is 0.231 e. The van der Waals surface area contributed by atoms with E-state index in [9.17, 15) is 0 Å². The first-order chi connectivity index (χ1) is 13.8. The van der Waals surface area contributed by atoms with E-state index in [-0.39, 0.29) is 17.6 Å². The first-order valence-corrected chi connectivity index (χ1v) is 9.32. The summed E-state index contributed by atoms with van der Waals surface area (Å²) >= 11 is 6.06. The van der Waals surface area contributed by atoms with Crippen LogP contribution in [0.4, 0.5) is 17.6 Å². The van der Waals surface area contributed by atoms with Gasteiger partial charge in [0.15, 0.2) is 22.4 Å². The van der Waals surface area contributed by atoms with Crippen molar-refractivity contribution in [2.45, 2.75) is 0 Å². The third kappa shape index (κ3) is 4.00. The predicted molar refractivity (Wildman–Crippen MR) is 114 cm³/mol. The molecule has 0 radical (unpaired) electrons. The van der Waals surface area contributed by atoms with E-state index in [1.54, 1.807) is 6.07 Å². The minimum absolute atomic E-state index is 0. The fourth-order valence-corrected chi connectivity index (χ4v) is 3.38. The molecule has 0 spiro atoms. The summed E-state index contributed by atoms with van der Waals surface area (Å²) in [4.78, 5) is 11.3. The topological polar surface area (TPSA) is 92.1 Å². The smallest absolute Gasteiger partial charge is 0.231 e. The molecule has 0 unspecified atom stereocenters. The van der Waals surface area contributed by atoms with Crippen LogP contribution in [0.25, 0.3) is 22.4 Å². The van der Waals surface area contributed by atoms with Gasteiger partial charge >= 0.3 is 0 Å². The van der Waals surface area contributed by atoms with Gasteiger partial charge in [-0.1, -0.05) is 30.3 Å². The van der Waals surface area contributed by atoms with Crippen LogP contribution in [-0.2, 0) is 4.74 Å². The average Bonchev–Trinajstić information content (AvgIpc) is 3.34. The SMILES string of the molecule is Cl.Clc1cc2nc(Nc3cc(-c4ccccc4)[nH]n3)nc(N3CCOCC3)c2o1. The van der Waals surface area contributed by atoms with E-state index in [1.807, 2.05) is 36.4 Å². The first kappa shape index (κ1) is 19.5. The van der Waals surface area contributed by atoms with E-state index in [4.69, 9.17) is 20.8 Å². The minimum atomic E-state index is 0. The summed E-state index contributed by atoms with van der Waals surface area (Å²) in [7, 11) is 0. The van der Waals surface area contributed by atoms with Gasteiger partial charge in [0, 0.05) is 25.2 Å². The van der Waals surface area contributed by atoms with Gasteiger partial charge < -0.3 is 19.4 Å². The number of fused-ring (bicyclic) bond motifs is 1. The molecule has 1 aromatic carbocycles. The van der Waals surface area contributed by atoms with Crippen molar-refractivity contribution in [2.24, 2.45) is 0 Å². The largest absolute Gasteiger partial charge is 0.439 e. The van der Waals surface area contributed by atoms with E-state index in [2.05, 4.69) is 30.4 Å². The number of ether oxygens (including phenoxy) is 1. The zero-order valence-corrected chi connectivity index (χ0v) is 16.8. The Morgan fingerprint density at radius 2 is 1.86 bits per heavy atom. The van der Waals surface area contributed by atoms with Crippen LogP contribution in [0.2, 0.25) is 5.22 Å². The third-order valence-corrected chi connectivity index (χ3v) is 4.72. The van der Waals surface area contributed by atoms with E-state index < -0.39 is 0 Å². The average molecular weight is 433 g/mol. The Hall–Kier alpha value is -2.81. The fourth-order valence-electron chi connectivity index (χ4n) is 3.20. The Balaban J connectivity index is 0.00000205. The van der Waals surface area contributed by atoms with Gasteiger partial charge in [0.2, 0.25) is 5.95 Å². The van der Waals surface area contributed by atoms with Crippen LogP contribution in [0.1, 0.15) is 0 Å². The highest BCUT2D eigenvalue weighted by Gasteiger charge is 2.21. The van der Waals surface area contributed by atoms with Gasteiger partial charge in [-0.25, -0.2) is 4.98 Å². The van der Waals surface area contributed by atoms with E-state index >= 15 is 0 Å². The summed E-state index contributed by atoms with van der Waals surface area (Å²) in [5, 5.41) is 10.8. The summed E-state index contributed by atoms with van der Waals surface area (Å²) in [6.07, 6.45) is 0. The molecular weight excluding hydrogens is 415 g/mol. The number of hydrogen-bond donors (Lipinski definition) is 2. The van der Waals surface area contributed by atoms with E-state index in [0.29, 0.717) is 41.9 Å². The molecule has 4 heterocycles. The van der Waals surface area contributed by atoms with Crippen molar-refractivity contribution in [3.63, 3.8) is 0 Å². The standard InChI is InChI=1S/C19H17ClN6O2.ClH/c20-15-10-14-17(28-15)18(26-6-8-27-9-7-26)23-19(21-14)22-16-11-13(24-25-16)12-4-2-1-3-5-12;/h1-5,10-11H,6-9H2,(H2,21,22,23,24,25);1H. The second-order valence-electron chi connectivity index (χ2n) is 6.39. The maximum absolute atomic E-state index is 6.06. The molecular formula is C19H18Cl2N6O2. The van der Waals surface area contributed by atoms with Crippen LogP contribution in [0.15, 0.2) is 46.9 Å². The molecule has 1 fully saturated rings. The molecule has 29 heavy (non-hydrogen) atoms. The summed E-state index contributed by atoms with van der Waals surface area (Å²) < 4.78 is 11.1. The minimum Gasteiger partial charge on any atom is -0.439 e. The molecule has 1 aliphatic rings. The number of nitrogens with zero attached hydrogens (tertiary/aromatic N) is 4. The summed E-state index contributed by atoms with van der Waals surface area (Å²) in [5.41, 5.74) is 3.17. The number of furan rings is 1. The third-order valence-electron chi connectivity index (χ3n) is 4.54. The van der Waals surface area contributed by atoms with E-state index in [0.717, 1.165) is 24.3 Å². The van der Waals surface area contributed by atoms with Crippen LogP contribution < -0.4 is 10.2 Å². The highest BCUT2D eigenvalue weighted by molar-refractivity contribution is 6.29. The van der Waals surface area contributed by atoms with Gasteiger partial charge in [-0.2, -0.15) is 10.1 Å². The quantitative estimate of drug-likeness (QED) is 0.497. The fraction of sp³-hybridized carbons (Fsp3) is 0.211. The number of rotatable bonds is 4. The molecule has 0 saturated carbocycles. The monoisotopic (exact) mass is 432 g/mol. The molecule has 150 valence electrons. The molecule has 0 atom stereocenters. The molecule has 10 heteroatoms. The molecule has 0 bridgehead atoms. The number of hydrogen-bond acceptors (Lipinski definition) is 7. The van der Waals surface area contributed by atoms with Crippen LogP contribution in [0.5, 0.6) is 0 Å². The van der Waals surface area contributed by atoms with Gasteiger partial charge in [-0.15, -0.1) is 12.4 Å². The Labute approximate surface area is 177 Å². The normalized spacial score (nSPS) is 14.0. The number of aromatic amines is 1. The lowest BCUT2D eigenvalue weighted by molar-refractivity contribution is 0.122. The number of H-pyrrole nitrogens is 1. The van der Waals surface area contributed by atoms with Crippen molar-refractivity contribution >= 4 is 52.7 Å². The van der Waals surface area contributed by atoms with Crippen molar-refractivity contribution in [3.8, 4) is 11.3 Å². The van der Waals surface area contributed by atoms with Gasteiger partial charge in [-0.3, -0.25) is 5.10 Å². The number of benzene rings is 1. The van der Waals surface area contributed by atoms with Crippen molar-refractivity contribution in [3.05, 3.63) is 47.7 Å². The lowest BCUT2D eigenvalue weighted by Gasteiger charge is -2.27. The van der Waals surface area contributed by atoms with Crippen LogP contribution in [0.3, 0.4) is 0 Å². The van der Waals surface area contributed by atoms with Crippen molar-refractivity contribution < 1.29 is 9.15 Å². The molecule has 3 aromatic heterocycles. The highest BCUT2D eigenvalue weighted by Crippen LogP contribution is 2.31. The van der Waals surface area contributed by atoms with Crippen LogP contribution >= 0.6 is 24.0 Å². The Morgan fingerprint density at radius 1 is 1.07 bits per heavy atom. The van der Waals surface area contributed by atoms with Gasteiger partial charge in [-0.05, 0) is 17.2 Å². The van der Waals surface area contributed by atoms with Crippen molar-refractivity contribution in [1.82, 2.24) is 20.2 Å². The van der Waals surface area contributed by atoms with Gasteiger partial charge in [0.05, 0.1) is 18.9 Å². The number of halogens is 2. The molecule has 0 aliphatic carbocycles. The molecule has 1 aliphatic heterocycles. The van der Waals surface area contributed by atoms with Crippen molar-refractivity contribution in [2.75, 3.05) is 36.5 Å². The summed E-state index contributed by atoms with van der Waals surface area (Å²) in [6.45, 7) is 2.74. The number of morpholine rings is 1. The molecule has 1 saturated heterocycles. The molecule has 8 nitrogen and oxygen atoms in total. The maximum atomic E-state index is 6.06. The molecule has 5 rings (SSSR count). The number of nitrogens with one attached hydrogen (secondary N) is 2. The highest BCUT2D eigenvalue weighted by atomic mass is 35.5. The lowest BCUT2D eigenvalue weighted by atomic mass is 10.2. The van der Waals surface area contributed by atoms with Gasteiger partial charge in [0.1, 0.15) is 5.52 Å². The zero-order chi connectivity index (χ0) is 18.9. The summed E-state index contributed by atoms with van der Waals surface area (Å²) in [5.74, 6) is 1.75. The van der Waals surface area contributed by atoms with Crippen molar-refractivity contribution in [1.29, 1.82) is 0 Å². The molecule has 4 aromatic rings. The Morgan fingerprint density at radius 3 is 2.66 bits per heavy atom. The predicted octanol–water partition coefficient (Wildman–Crippen LogP) is 4.27. The number of aromatic nitrogens is 4. The van der Waals surface area contributed by atoms with Crippen LogP contribution in [0, 0.1) is 0 Å². The molecule has 0 amide bonds. The Bertz CT molecular complexity index is 1110. The molecule has 2 N–H and O–H groups in total. The zero-order valence-electron chi connectivity index (χ0n) is 15.3. The second-order valence-corrected chi connectivity index (χ2v) is 6.77.